The van der Waals surface area contributed by atoms with E-state index in [-0.39, 0.29) is 6.04 Å². The smallest absolute Gasteiger partial charge is 0.159 e. The Morgan fingerprint density at radius 2 is 2.12 bits per heavy atom. The van der Waals surface area contributed by atoms with Crippen LogP contribution >= 0.6 is 0 Å². The predicted octanol–water partition coefficient (Wildman–Crippen LogP) is 3.97. The maximum atomic E-state index is 13.1. The highest BCUT2D eigenvalue weighted by Crippen LogP contribution is 2.21. The first-order chi connectivity index (χ1) is 8.19. The van der Waals surface area contributed by atoms with Gasteiger partial charge in [0.15, 0.2) is 11.6 Å². The average molecular weight is 239 g/mol. The Bertz CT molecular complexity index is 363. The Balaban J connectivity index is 2.73. The fraction of sp³-hybridized carbons (Fsp3) is 0.429. The van der Waals surface area contributed by atoms with E-state index < -0.39 is 11.6 Å². The molecule has 17 heavy (non-hydrogen) atoms. The van der Waals surface area contributed by atoms with Gasteiger partial charge in [-0.2, -0.15) is 0 Å². The van der Waals surface area contributed by atoms with Crippen molar-refractivity contribution in [3.05, 3.63) is 48.1 Å². The van der Waals surface area contributed by atoms with Gasteiger partial charge >= 0.3 is 0 Å². The molecule has 0 heterocycles. The summed E-state index contributed by atoms with van der Waals surface area (Å²) in [6.07, 6.45) is 4.69. The van der Waals surface area contributed by atoms with Crippen molar-refractivity contribution in [1.29, 1.82) is 0 Å². The number of hydrogen-bond donors (Lipinski definition) is 1. The highest BCUT2D eigenvalue weighted by Gasteiger charge is 2.12. The third kappa shape index (κ3) is 4.27. The Morgan fingerprint density at radius 3 is 2.71 bits per heavy atom. The zero-order valence-electron chi connectivity index (χ0n) is 10.2. The molecular formula is C14H19F2N. The highest BCUT2D eigenvalue weighted by molar-refractivity contribution is 5.21. The Labute approximate surface area is 102 Å². The zero-order chi connectivity index (χ0) is 12.7. The molecule has 0 aliphatic heterocycles. The van der Waals surface area contributed by atoms with Crippen molar-refractivity contribution in [3.63, 3.8) is 0 Å². The zero-order valence-corrected chi connectivity index (χ0v) is 10.2. The minimum atomic E-state index is -0.796. The van der Waals surface area contributed by atoms with E-state index in [4.69, 9.17) is 0 Å². The van der Waals surface area contributed by atoms with Crippen LogP contribution < -0.4 is 5.32 Å². The number of unbranched alkanes of at least 4 members (excludes halogenated alkanes) is 1. The largest absolute Gasteiger partial charge is 0.310 e. The molecular weight excluding hydrogens is 220 g/mol. The van der Waals surface area contributed by atoms with Gasteiger partial charge < -0.3 is 5.32 Å². The normalized spacial score (nSPS) is 12.4. The lowest BCUT2D eigenvalue weighted by molar-refractivity contribution is 0.481. The summed E-state index contributed by atoms with van der Waals surface area (Å²) in [6.45, 7) is 6.48. The molecule has 1 aromatic rings. The molecule has 1 nitrogen and oxygen atoms in total. The number of hydrogen-bond acceptors (Lipinski definition) is 1. The maximum Gasteiger partial charge on any atom is 0.159 e. The van der Waals surface area contributed by atoms with E-state index in [2.05, 4.69) is 11.9 Å². The van der Waals surface area contributed by atoms with Gasteiger partial charge in [0.2, 0.25) is 0 Å². The summed E-state index contributed by atoms with van der Waals surface area (Å²) in [5.74, 6) is -1.58. The molecule has 0 bridgehead atoms. The average Bonchev–Trinajstić information content (AvgIpc) is 2.32. The molecule has 0 spiro atoms. The third-order valence-electron chi connectivity index (χ3n) is 2.70. The van der Waals surface area contributed by atoms with Gasteiger partial charge in [-0.25, -0.2) is 8.78 Å². The molecule has 1 unspecified atom stereocenters. The van der Waals surface area contributed by atoms with E-state index in [1.807, 2.05) is 13.0 Å². The Morgan fingerprint density at radius 1 is 1.35 bits per heavy atom. The van der Waals surface area contributed by atoms with Crippen LogP contribution in [0.3, 0.4) is 0 Å². The van der Waals surface area contributed by atoms with E-state index in [1.54, 1.807) is 6.07 Å². The summed E-state index contributed by atoms with van der Waals surface area (Å²) in [5.41, 5.74) is 0.801. The second-order valence-corrected chi connectivity index (χ2v) is 4.00. The van der Waals surface area contributed by atoms with Gasteiger partial charge in [0.25, 0.3) is 0 Å². The molecule has 1 atom stereocenters. The van der Waals surface area contributed by atoms with Crippen LogP contribution in [0.2, 0.25) is 0 Å². The molecule has 0 radical (unpaired) electrons. The van der Waals surface area contributed by atoms with E-state index in [0.29, 0.717) is 0 Å². The van der Waals surface area contributed by atoms with Crippen molar-refractivity contribution < 1.29 is 8.78 Å². The van der Waals surface area contributed by atoms with Gasteiger partial charge in [-0.15, -0.1) is 6.58 Å². The first-order valence-corrected chi connectivity index (χ1v) is 5.98. The van der Waals surface area contributed by atoms with Gasteiger partial charge in [0.1, 0.15) is 0 Å². The summed E-state index contributed by atoms with van der Waals surface area (Å²) in [5, 5.41) is 3.28. The van der Waals surface area contributed by atoms with Crippen molar-refractivity contribution in [2.75, 3.05) is 6.54 Å². The van der Waals surface area contributed by atoms with Crippen LogP contribution in [0.15, 0.2) is 30.9 Å². The van der Waals surface area contributed by atoms with Crippen molar-refractivity contribution >= 4 is 0 Å². The van der Waals surface area contributed by atoms with E-state index in [9.17, 15) is 8.78 Å². The molecule has 0 saturated carbocycles. The van der Waals surface area contributed by atoms with Crippen LogP contribution in [0.4, 0.5) is 8.78 Å². The van der Waals surface area contributed by atoms with Crippen LogP contribution in [-0.2, 0) is 0 Å². The van der Waals surface area contributed by atoms with E-state index >= 15 is 0 Å². The minimum absolute atomic E-state index is 0.0787. The molecule has 0 aromatic heterocycles. The fourth-order valence-electron chi connectivity index (χ4n) is 1.83. The van der Waals surface area contributed by atoms with Gasteiger partial charge in [-0.05, 0) is 43.5 Å². The topological polar surface area (TPSA) is 12.0 Å². The van der Waals surface area contributed by atoms with Crippen LogP contribution in [-0.4, -0.2) is 6.54 Å². The lowest BCUT2D eigenvalue weighted by atomic mass is 10.0. The van der Waals surface area contributed by atoms with Gasteiger partial charge in [0, 0.05) is 6.04 Å². The van der Waals surface area contributed by atoms with Crippen molar-refractivity contribution in [2.45, 2.75) is 32.2 Å². The summed E-state index contributed by atoms with van der Waals surface area (Å²) >= 11 is 0. The second kappa shape index (κ2) is 7.17. The number of allylic oxidation sites excluding steroid dienone is 1. The summed E-state index contributed by atoms with van der Waals surface area (Å²) in [6, 6.07) is 4.17. The molecule has 1 aromatic carbocycles. The lowest BCUT2D eigenvalue weighted by Crippen LogP contribution is -2.21. The molecule has 3 heteroatoms. The minimum Gasteiger partial charge on any atom is -0.310 e. The van der Waals surface area contributed by atoms with Gasteiger partial charge in [-0.1, -0.05) is 19.1 Å². The predicted molar refractivity (Wildman–Crippen MR) is 66.8 cm³/mol. The quantitative estimate of drug-likeness (QED) is 0.560. The highest BCUT2D eigenvalue weighted by atomic mass is 19.2. The van der Waals surface area contributed by atoms with Crippen LogP contribution in [0.5, 0.6) is 0 Å². The van der Waals surface area contributed by atoms with E-state index in [1.165, 1.54) is 12.1 Å². The van der Waals surface area contributed by atoms with Crippen LogP contribution in [0.25, 0.3) is 0 Å². The number of rotatable bonds is 7. The summed E-state index contributed by atoms with van der Waals surface area (Å²) in [4.78, 5) is 0. The summed E-state index contributed by atoms with van der Waals surface area (Å²) in [7, 11) is 0. The molecule has 0 saturated heterocycles. The molecule has 94 valence electrons. The van der Waals surface area contributed by atoms with Crippen molar-refractivity contribution in [2.24, 2.45) is 0 Å². The standard InChI is InChI=1S/C14H19F2N/c1-3-5-6-7-14(17-4-2)11-8-9-12(15)13(16)10-11/h3,8-10,14,17H,1,4-7H2,2H3. The monoisotopic (exact) mass is 239 g/mol. The molecule has 0 fully saturated rings. The molecule has 1 N–H and O–H groups in total. The SMILES string of the molecule is C=CCCCC(NCC)c1ccc(F)c(F)c1. The second-order valence-electron chi connectivity index (χ2n) is 4.00. The number of benzene rings is 1. The molecule has 0 aliphatic rings. The van der Waals surface area contributed by atoms with Gasteiger partial charge in [-0.3, -0.25) is 0 Å². The Kier molecular flexibility index (Phi) is 5.84. The van der Waals surface area contributed by atoms with Crippen molar-refractivity contribution in [3.8, 4) is 0 Å². The summed E-state index contributed by atoms with van der Waals surface area (Å²) < 4.78 is 26.0. The number of nitrogens with one attached hydrogen (secondary N) is 1. The fourth-order valence-corrected chi connectivity index (χ4v) is 1.83. The lowest BCUT2D eigenvalue weighted by Gasteiger charge is -2.18. The van der Waals surface area contributed by atoms with Crippen LogP contribution in [0, 0.1) is 11.6 Å². The number of halogens is 2. The molecule has 0 amide bonds. The Hall–Kier alpha value is -1.22. The first-order valence-electron chi connectivity index (χ1n) is 5.98. The van der Waals surface area contributed by atoms with E-state index in [0.717, 1.165) is 31.4 Å². The van der Waals surface area contributed by atoms with Crippen LogP contribution in [0.1, 0.15) is 37.8 Å². The molecule has 1 rings (SSSR count). The third-order valence-corrected chi connectivity index (χ3v) is 2.70. The molecule has 0 aliphatic carbocycles. The van der Waals surface area contributed by atoms with Gasteiger partial charge in [0.05, 0.1) is 0 Å². The van der Waals surface area contributed by atoms with Crippen molar-refractivity contribution in [1.82, 2.24) is 5.32 Å². The maximum absolute atomic E-state index is 13.1. The first kappa shape index (κ1) is 13.8.